The highest BCUT2D eigenvalue weighted by molar-refractivity contribution is 9.10. The first-order chi connectivity index (χ1) is 10.2. The molecule has 0 saturated heterocycles. The van der Waals surface area contributed by atoms with E-state index in [0.717, 1.165) is 12.8 Å². The Morgan fingerprint density at radius 1 is 1.45 bits per heavy atom. The molecule has 7 heteroatoms. The molecular weight excluding hydrogens is 371 g/mol. The summed E-state index contributed by atoms with van der Waals surface area (Å²) < 4.78 is 39.0. The van der Waals surface area contributed by atoms with Gasteiger partial charge in [0.2, 0.25) is 0 Å². The van der Waals surface area contributed by atoms with Gasteiger partial charge in [0.1, 0.15) is 16.4 Å². The predicted molar refractivity (Wildman–Crippen MR) is 89.4 cm³/mol. The zero-order valence-electron chi connectivity index (χ0n) is 12.4. The van der Waals surface area contributed by atoms with Crippen LogP contribution >= 0.6 is 15.9 Å². The second kappa shape index (κ2) is 6.28. The van der Waals surface area contributed by atoms with Crippen LogP contribution in [0, 0.1) is 11.2 Å². The van der Waals surface area contributed by atoms with Gasteiger partial charge >= 0.3 is 0 Å². The van der Waals surface area contributed by atoms with Crippen LogP contribution < -0.4 is 5.73 Å². The van der Waals surface area contributed by atoms with Crippen LogP contribution in [0.1, 0.15) is 44.1 Å². The molecule has 1 unspecified atom stereocenters. The quantitative estimate of drug-likeness (QED) is 0.596. The van der Waals surface area contributed by atoms with Crippen molar-refractivity contribution in [1.82, 2.24) is 0 Å². The minimum atomic E-state index is -3.63. The van der Waals surface area contributed by atoms with E-state index in [4.69, 9.17) is 11.1 Å². The fourth-order valence-corrected chi connectivity index (χ4v) is 5.95. The van der Waals surface area contributed by atoms with Gasteiger partial charge in [-0.1, -0.05) is 35.7 Å². The van der Waals surface area contributed by atoms with E-state index in [1.165, 1.54) is 6.07 Å². The molecule has 122 valence electrons. The summed E-state index contributed by atoms with van der Waals surface area (Å²) in [5.74, 6) is -1.42. The van der Waals surface area contributed by atoms with Crippen molar-refractivity contribution in [2.24, 2.45) is 5.73 Å². The maximum absolute atomic E-state index is 13.9. The zero-order valence-corrected chi connectivity index (χ0v) is 14.8. The van der Waals surface area contributed by atoms with Gasteiger partial charge in [-0.05, 0) is 42.5 Å². The van der Waals surface area contributed by atoms with E-state index in [-0.39, 0.29) is 11.6 Å². The fraction of sp³-hybridized carbons (Fsp3) is 0.533. The van der Waals surface area contributed by atoms with E-state index >= 15 is 0 Å². The monoisotopic (exact) mass is 390 g/mol. The van der Waals surface area contributed by atoms with Crippen molar-refractivity contribution in [2.75, 3.05) is 5.75 Å². The van der Waals surface area contributed by atoms with Gasteiger partial charge in [0.05, 0.1) is 5.75 Å². The molecule has 2 rings (SSSR count). The van der Waals surface area contributed by atoms with Crippen molar-refractivity contribution >= 4 is 31.6 Å². The molecule has 1 aromatic rings. The highest BCUT2D eigenvalue weighted by Gasteiger charge is 2.49. The van der Waals surface area contributed by atoms with Crippen LogP contribution in [0.15, 0.2) is 22.7 Å². The summed E-state index contributed by atoms with van der Waals surface area (Å²) in [6.45, 7) is 1.69. The molecule has 0 radical (unpaired) electrons. The molecule has 0 bridgehead atoms. The third-order valence-electron chi connectivity index (χ3n) is 4.46. The molecule has 22 heavy (non-hydrogen) atoms. The number of halogens is 2. The minimum absolute atomic E-state index is 0.208. The average molecular weight is 391 g/mol. The van der Waals surface area contributed by atoms with Crippen LogP contribution in [0.2, 0.25) is 0 Å². The predicted octanol–water partition coefficient (Wildman–Crippen LogP) is 3.36. The van der Waals surface area contributed by atoms with Gasteiger partial charge in [-0.3, -0.25) is 5.41 Å². The molecule has 0 aliphatic heterocycles. The molecule has 0 heterocycles. The summed E-state index contributed by atoms with van der Waals surface area (Å²) >= 11 is 3.27. The SMILES string of the molecule is CC(CS(=O)(=O)C1(C(=N)N)CCCC1)c1cc(Br)ccc1F. The highest BCUT2D eigenvalue weighted by atomic mass is 79.9. The number of amidine groups is 1. The van der Waals surface area contributed by atoms with Gasteiger partial charge in [-0.25, -0.2) is 12.8 Å². The number of nitrogens with one attached hydrogen (secondary N) is 1. The van der Waals surface area contributed by atoms with Crippen molar-refractivity contribution in [2.45, 2.75) is 43.3 Å². The molecule has 0 aromatic heterocycles. The van der Waals surface area contributed by atoms with E-state index in [2.05, 4.69) is 15.9 Å². The molecule has 1 fully saturated rings. The Hall–Kier alpha value is -0.950. The van der Waals surface area contributed by atoms with Crippen molar-refractivity contribution in [3.8, 4) is 0 Å². The van der Waals surface area contributed by atoms with Crippen molar-refractivity contribution in [3.05, 3.63) is 34.1 Å². The lowest BCUT2D eigenvalue weighted by Gasteiger charge is -2.29. The van der Waals surface area contributed by atoms with E-state index < -0.39 is 26.3 Å². The Morgan fingerprint density at radius 3 is 2.59 bits per heavy atom. The molecule has 1 aliphatic carbocycles. The van der Waals surface area contributed by atoms with E-state index in [0.29, 0.717) is 22.9 Å². The molecule has 1 saturated carbocycles. The van der Waals surface area contributed by atoms with E-state index in [1.807, 2.05) is 0 Å². The number of sulfone groups is 1. The first-order valence-electron chi connectivity index (χ1n) is 7.21. The molecule has 1 atom stereocenters. The fourth-order valence-electron chi connectivity index (χ4n) is 3.16. The number of hydrogen-bond donors (Lipinski definition) is 2. The third kappa shape index (κ3) is 3.06. The second-order valence-electron chi connectivity index (χ2n) is 5.96. The van der Waals surface area contributed by atoms with Crippen molar-refractivity contribution in [3.63, 3.8) is 0 Å². The van der Waals surface area contributed by atoms with Crippen molar-refractivity contribution in [1.29, 1.82) is 5.41 Å². The molecule has 0 amide bonds. The Balaban J connectivity index is 2.32. The summed E-state index contributed by atoms with van der Waals surface area (Å²) in [6.07, 6.45) is 2.27. The summed E-state index contributed by atoms with van der Waals surface area (Å²) in [5.41, 5.74) is 5.97. The van der Waals surface area contributed by atoms with Gasteiger partial charge in [-0.2, -0.15) is 0 Å². The Labute approximate surface area is 138 Å². The van der Waals surface area contributed by atoms with Crippen LogP contribution in [-0.2, 0) is 9.84 Å². The summed E-state index contributed by atoms with van der Waals surface area (Å²) in [4.78, 5) is 0. The van der Waals surface area contributed by atoms with Gasteiger partial charge in [0.25, 0.3) is 0 Å². The standard InChI is InChI=1S/C15H20BrFN2O2S/c1-10(12-8-11(16)4-5-13(12)17)9-22(20,21)15(14(18)19)6-2-3-7-15/h4-5,8,10H,2-3,6-7,9H2,1H3,(H3,18,19). The summed E-state index contributed by atoms with van der Waals surface area (Å²) in [6, 6.07) is 4.50. The molecule has 0 spiro atoms. The van der Waals surface area contributed by atoms with Gasteiger partial charge in [0, 0.05) is 4.47 Å². The largest absolute Gasteiger partial charge is 0.386 e. The van der Waals surface area contributed by atoms with Crippen molar-refractivity contribution < 1.29 is 12.8 Å². The number of hydrogen-bond acceptors (Lipinski definition) is 3. The first kappa shape index (κ1) is 17.4. The normalized spacial score (nSPS) is 19.0. The Kier molecular flexibility index (Phi) is 4.96. The first-order valence-corrected chi connectivity index (χ1v) is 9.66. The maximum Gasteiger partial charge on any atom is 0.163 e. The topological polar surface area (TPSA) is 84.0 Å². The molecular formula is C15H20BrFN2O2S. The average Bonchev–Trinajstić information content (AvgIpc) is 2.92. The lowest BCUT2D eigenvalue weighted by Crippen LogP contribution is -2.49. The van der Waals surface area contributed by atoms with E-state index in [1.54, 1.807) is 19.1 Å². The summed E-state index contributed by atoms with van der Waals surface area (Å²) in [7, 11) is -3.63. The highest BCUT2D eigenvalue weighted by Crippen LogP contribution is 2.39. The third-order valence-corrected chi connectivity index (χ3v) is 7.71. The molecule has 3 N–H and O–H groups in total. The van der Waals surface area contributed by atoms with Crippen LogP contribution in [0.4, 0.5) is 4.39 Å². The minimum Gasteiger partial charge on any atom is -0.386 e. The zero-order chi connectivity index (χ0) is 16.5. The number of nitrogens with two attached hydrogens (primary N) is 1. The smallest absolute Gasteiger partial charge is 0.163 e. The number of rotatable bonds is 5. The van der Waals surface area contributed by atoms with Crippen LogP contribution in [0.5, 0.6) is 0 Å². The lowest BCUT2D eigenvalue weighted by molar-refractivity contribution is 0.551. The van der Waals surface area contributed by atoms with Gasteiger partial charge in [-0.15, -0.1) is 0 Å². The molecule has 4 nitrogen and oxygen atoms in total. The van der Waals surface area contributed by atoms with Crippen LogP contribution in [-0.4, -0.2) is 24.8 Å². The van der Waals surface area contributed by atoms with Gasteiger partial charge in [0.15, 0.2) is 9.84 Å². The lowest BCUT2D eigenvalue weighted by atomic mass is 10.0. The second-order valence-corrected chi connectivity index (χ2v) is 9.22. The maximum atomic E-state index is 13.9. The Bertz CT molecular complexity index is 685. The van der Waals surface area contributed by atoms with Crippen LogP contribution in [0.25, 0.3) is 0 Å². The molecule has 1 aromatic carbocycles. The van der Waals surface area contributed by atoms with Gasteiger partial charge < -0.3 is 5.73 Å². The Morgan fingerprint density at radius 2 is 2.05 bits per heavy atom. The molecule has 1 aliphatic rings. The van der Waals surface area contributed by atoms with E-state index in [9.17, 15) is 12.8 Å². The number of benzene rings is 1. The summed E-state index contributed by atoms with van der Waals surface area (Å²) in [5, 5.41) is 7.74. The van der Waals surface area contributed by atoms with Crippen LogP contribution in [0.3, 0.4) is 0 Å².